The minimum absolute atomic E-state index is 0.121. The van der Waals surface area contributed by atoms with Crippen molar-refractivity contribution in [2.75, 3.05) is 6.61 Å². The van der Waals surface area contributed by atoms with Crippen LogP contribution in [0.5, 0.6) is 5.75 Å². The van der Waals surface area contributed by atoms with Crippen LogP contribution in [-0.4, -0.2) is 47.7 Å². The molecule has 0 aliphatic carbocycles. The topological polar surface area (TPSA) is 179 Å². The molecule has 2 aromatic carbocycles. The Bertz CT molecular complexity index is 1410. The molecule has 0 fully saturated rings. The molecule has 0 radical (unpaired) electrons. The van der Waals surface area contributed by atoms with Crippen molar-refractivity contribution in [2.45, 2.75) is 5.25 Å². The lowest BCUT2D eigenvalue weighted by Gasteiger charge is -2.18. The molecular weight excluding hydrogens is 869 g/mol. The van der Waals surface area contributed by atoms with Gasteiger partial charge in [0, 0.05) is 22.8 Å². The molecule has 0 saturated heterocycles. The van der Waals surface area contributed by atoms with Crippen LogP contribution in [0.4, 0.5) is 14.5 Å². The molecular formula is C19H9F2I3NO11S-. The van der Waals surface area contributed by atoms with Gasteiger partial charge < -0.3 is 18.8 Å². The second-order valence-electron chi connectivity index (χ2n) is 6.49. The minimum Gasteiger partial charge on any atom is -0.743 e. The predicted octanol–water partition coefficient (Wildman–Crippen LogP) is 3.98. The maximum absolute atomic E-state index is 13.0. The number of nitrogens with zero attached hydrogens (tertiary/aromatic N) is 1. The van der Waals surface area contributed by atoms with Crippen molar-refractivity contribution in [3.8, 4) is 5.75 Å². The number of esters is 3. The fourth-order valence-corrected chi connectivity index (χ4v) is 4.81. The van der Waals surface area contributed by atoms with E-state index in [9.17, 15) is 46.2 Å². The highest BCUT2D eigenvalue weighted by atomic mass is 127. The van der Waals surface area contributed by atoms with Crippen LogP contribution in [0.25, 0.3) is 0 Å². The van der Waals surface area contributed by atoms with Gasteiger partial charge in [0.2, 0.25) is 5.75 Å². The Morgan fingerprint density at radius 1 is 1.08 bits per heavy atom. The Morgan fingerprint density at radius 2 is 1.73 bits per heavy atom. The number of hydrogen-bond donors (Lipinski definition) is 0. The summed E-state index contributed by atoms with van der Waals surface area (Å²) in [5.41, 5.74) is -0.882. The maximum Gasteiger partial charge on any atom is 0.367 e. The molecule has 18 heteroatoms. The number of rotatable bonds is 9. The summed E-state index contributed by atoms with van der Waals surface area (Å²) in [6.45, 7) is -2.06. The van der Waals surface area contributed by atoms with Gasteiger partial charge >= 0.3 is 28.8 Å². The van der Waals surface area contributed by atoms with E-state index in [1.807, 2.05) is 67.8 Å². The Kier molecular flexibility index (Phi) is 10.7. The minimum atomic E-state index is -6.07. The molecule has 0 amide bonds. The number of carbonyl (C=O) groups is 3. The lowest BCUT2D eigenvalue weighted by atomic mass is 10.2. The van der Waals surface area contributed by atoms with Gasteiger partial charge in [-0.3, -0.25) is 10.1 Å². The monoisotopic (exact) mass is 878 g/mol. The molecule has 0 aliphatic heterocycles. The maximum atomic E-state index is 13.0. The summed E-state index contributed by atoms with van der Waals surface area (Å²) >= 11 is 5.87. The molecule has 0 spiro atoms. The van der Waals surface area contributed by atoms with Gasteiger partial charge in [0.1, 0.15) is 6.26 Å². The van der Waals surface area contributed by atoms with Gasteiger partial charge in [0.25, 0.3) is 0 Å². The van der Waals surface area contributed by atoms with E-state index < -0.39 is 56.2 Å². The van der Waals surface area contributed by atoms with Crippen LogP contribution >= 0.6 is 67.8 Å². The fraction of sp³-hybridized carbons (Fsp3) is 0.105. The molecule has 0 aromatic heterocycles. The Morgan fingerprint density at radius 3 is 2.32 bits per heavy atom. The second-order valence-corrected chi connectivity index (χ2v) is 11.5. The van der Waals surface area contributed by atoms with Crippen LogP contribution < -0.4 is 4.74 Å². The van der Waals surface area contributed by atoms with E-state index in [1.165, 1.54) is 6.07 Å². The summed E-state index contributed by atoms with van der Waals surface area (Å²) in [5.74, 6) is -4.30. The van der Waals surface area contributed by atoms with E-state index in [4.69, 9.17) is 4.74 Å². The van der Waals surface area contributed by atoms with E-state index >= 15 is 0 Å². The smallest absolute Gasteiger partial charge is 0.367 e. The number of nitro groups is 1. The summed E-state index contributed by atoms with van der Waals surface area (Å²) in [4.78, 5) is 46.8. The third kappa shape index (κ3) is 8.47. The summed E-state index contributed by atoms with van der Waals surface area (Å²) in [6, 6.07) is 5.96. The van der Waals surface area contributed by atoms with Gasteiger partial charge in [-0.05, 0) is 86.0 Å². The largest absolute Gasteiger partial charge is 0.743 e. The summed E-state index contributed by atoms with van der Waals surface area (Å²) in [6.07, 6.45) is 0.732. The number of nitro benzene ring substituents is 1. The van der Waals surface area contributed by atoms with E-state index in [2.05, 4.69) is 9.47 Å². The van der Waals surface area contributed by atoms with Crippen molar-refractivity contribution in [1.82, 2.24) is 0 Å². The molecule has 0 atom stereocenters. The predicted molar refractivity (Wildman–Crippen MR) is 143 cm³/mol. The molecule has 0 heterocycles. The average Bonchev–Trinajstić information content (AvgIpc) is 2.79. The normalized spacial score (nSPS) is 11.7. The van der Waals surface area contributed by atoms with Crippen LogP contribution in [0.2, 0.25) is 0 Å². The van der Waals surface area contributed by atoms with Gasteiger partial charge in [0.05, 0.1) is 22.1 Å². The van der Waals surface area contributed by atoms with Crippen LogP contribution in [0.15, 0.2) is 42.7 Å². The summed E-state index contributed by atoms with van der Waals surface area (Å²) < 4.78 is 72.7. The molecule has 0 bridgehead atoms. The van der Waals surface area contributed by atoms with Crippen molar-refractivity contribution >= 4 is 101 Å². The van der Waals surface area contributed by atoms with Gasteiger partial charge in [-0.15, -0.1) is 0 Å². The number of carbonyl (C=O) groups excluding carboxylic acids is 3. The van der Waals surface area contributed by atoms with E-state index in [0.717, 1.165) is 21.8 Å². The first-order valence-corrected chi connectivity index (χ1v) is 13.7. The fourth-order valence-electron chi connectivity index (χ4n) is 2.23. The van der Waals surface area contributed by atoms with Crippen LogP contribution in [0.1, 0.15) is 20.7 Å². The zero-order chi connectivity index (χ0) is 28.1. The van der Waals surface area contributed by atoms with Crippen molar-refractivity contribution in [1.29, 1.82) is 0 Å². The first-order chi connectivity index (χ1) is 17.0. The highest BCUT2D eigenvalue weighted by Crippen LogP contribution is 2.31. The highest BCUT2D eigenvalue weighted by Gasteiger charge is 2.39. The number of hydrogen-bond acceptors (Lipinski definition) is 11. The number of ether oxygens (including phenoxy) is 3. The molecule has 0 unspecified atom stereocenters. The van der Waals surface area contributed by atoms with Gasteiger partial charge in [-0.2, -0.15) is 8.78 Å². The molecule has 2 rings (SSSR count). The van der Waals surface area contributed by atoms with E-state index in [1.54, 1.807) is 6.07 Å². The van der Waals surface area contributed by atoms with Crippen molar-refractivity contribution in [3.05, 3.63) is 74.6 Å². The lowest BCUT2D eigenvalue weighted by Crippen LogP contribution is -2.34. The molecule has 37 heavy (non-hydrogen) atoms. The zero-order valence-corrected chi connectivity index (χ0v) is 24.8. The number of benzene rings is 2. The first-order valence-electron chi connectivity index (χ1n) is 9.06. The zero-order valence-electron chi connectivity index (χ0n) is 17.5. The third-order valence-corrected chi connectivity index (χ3v) is 8.45. The Hall–Kier alpha value is -2.05. The molecule has 12 nitrogen and oxygen atoms in total. The molecule has 198 valence electrons. The number of halogens is 5. The standard InChI is InChI=1S/C19H10F2I3NO11S/c20-19(21,37(31,32)33)8-35-15(26)3-4-34-17(27)9-1-2-13(25(29)30)14(5-9)36-18(28)11-6-10(22)7-12(23)16(11)24/h1-7H,8H2,(H,31,32,33)/p-1/b4-3+. The molecule has 0 aliphatic rings. The van der Waals surface area contributed by atoms with Gasteiger partial charge in [-0.25, -0.2) is 22.8 Å². The first kappa shape index (κ1) is 31.2. The molecule has 2 aromatic rings. The lowest BCUT2D eigenvalue weighted by molar-refractivity contribution is -0.385. The van der Waals surface area contributed by atoms with Gasteiger partial charge in [-0.1, -0.05) is 0 Å². The Labute approximate surface area is 247 Å². The number of alkyl halides is 2. The Balaban J connectivity index is 2.17. The second kappa shape index (κ2) is 12.7. The van der Waals surface area contributed by atoms with Crippen LogP contribution in [0, 0.1) is 20.8 Å². The molecule has 0 N–H and O–H groups in total. The highest BCUT2D eigenvalue weighted by molar-refractivity contribution is 14.1. The molecule has 0 saturated carbocycles. The summed E-state index contributed by atoms with van der Waals surface area (Å²) in [5, 5.41) is 6.49. The van der Waals surface area contributed by atoms with E-state index in [0.29, 0.717) is 19.5 Å². The van der Waals surface area contributed by atoms with Crippen molar-refractivity contribution in [2.24, 2.45) is 0 Å². The van der Waals surface area contributed by atoms with Gasteiger partial charge in [0.15, 0.2) is 16.7 Å². The van der Waals surface area contributed by atoms with E-state index in [-0.39, 0.29) is 11.1 Å². The van der Waals surface area contributed by atoms with Crippen molar-refractivity contribution < 1.29 is 55.3 Å². The SMILES string of the molecule is O=C(/C=C/OC(=O)c1ccc([N+](=O)[O-])c(OC(=O)c2cc(I)cc(I)c2I)c1)OCC(F)(F)S(=O)(=O)[O-]. The third-order valence-electron chi connectivity index (χ3n) is 3.94. The van der Waals surface area contributed by atoms with Crippen LogP contribution in [-0.2, 0) is 24.4 Å². The van der Waals surface area contributed by atoms with Crippen LogP contribution in [0.3, 0.4) is 0 Å². The average molecular weight is 878 g/mol. The quantitative estimate of drug-likeness (QED) is 0.0410. The summed E-state index contributed by atoms with van der Waals surface area (Å²) in [7, 11) is -6.07. The van der Waals surface area contributed by atoms with Crippen molar-refractivity contribution in [3.63, 3.8) is 0 Å².